The fourth-order valence-corrected chi connectivity index (χ4v) is 2.01. The summed E-state index contributed by atoms with van der Waals surface area (Å²) in [6.07, 6.45) is 0.868. The maximum Gasteiger partial charge on any atom is 0.0950 e. The lowest BCUT2D eigenvalue weighted by Gasteiger charge is -2.08. The van der Waals surface area contributed by atoms with E-state index >= 15 is 0 Å². The molecule has 1 aromatic carbocycles. The molecule has 15 heavy (non-hydrogen) atoms. The van der Waals surface area contributed by atoms with Crippen LogP contribution in [0, 0.1) is 11.3 Å². The van der Waals surface area contributed by atoms with Crippen LogP contribution in [0.1, 0.15) is 13.3 Å². The Hall–Kier alpha value is -0.980. The van der Waals surface area contributed by atoms with Crippen LogP contribution >= 0.6 is 11.8 Å². The molecule has 0 saturated heterocycles. The van der Waals surface area contributed by atoms with Crippen LogP contribution in [-0.2, 0) is 0 Å². The van der Waals surface area contributed by atoms with Gasteiger partial charge in [-0.25, -0.2) is 0 Å². The Kier molecular flexibility index (Phi) is 5.91. The SMILES string of the molecule is CCC(C#N)NCCSc1ccccc1. The molecule has 0 aliphatic heterocycles. The molecular formula is C12H16N2S. The molecule has 0 fully saturated rings. The average molecular weight is 220 g/mol. The third-order valence-electron chi connectivity index (χ3n) is 2.07. The summed E-state index contributed by atoms with van der Waals surface area (Å²) in [6.45, 7) is 2.90. The Morgan fingerprint density at radius 2 is 2.13 bits per heavy atom. The van der Waals surface area contributed by atoms with Gasteiger partial charge in [-0.2, -0.15) is 5.26 Å². The van der Waals surface area contributed by atoms with E-state index in [4.69, 9.17) is 5.26 Å². The van der Waals surface area contributed by atoms with Crippen LogP contribution in [-0.4, -0.2) is 18.3 Å². The van der Waals surface area contributed by atoms with Gasteiger partial charge in [0.1, 0.15) is 0 Å². The predicted octanol–water partition coefficient (Wildman–Crippen LogP) is 2.67. The quantitative estimate of drug-likeness (QED) is 0.591. The molecule has 1 rings (SSSR count). The molecule has 0 spiro atoms. The van der Waals surface area contributed by atoms with E-state index in [1.54, 1.807) is 0 Å². The smallest absolute Gasteiger partial charge is 0.0950 e. The fourth-order valence-electron chi connectivity index (χ4n) is 1.20. The van der Waals surface area contributed by atoms with Gasteiger partial charge in [-0.05, 0) is 18.6 Å². The van der Waals surface area contributed by atoms with Crippen LogP contribution in [0.4, 0.5) is 0 Å². The van der Waals surface area contributed by atoms with Gasteiger partial charge in [0.25, 0.3) is 0 Å². The predicted molar refractivity (Wildman–Crippen MR) is 64.9 cm³/mol. The number of nitriles is 1. The first kappa shape index (κ1) is 12.1. The number of benzene rings is 1. The van der Waals surface area contributed by atoms with Gasteiger partial charge in [0.05, 0.1) is 12.1 Å². The van der Waals surface area contributed by atoms with Gasteiger partial charge in [-0.3, -0.25) is 0 Å². The zero-order valence-electron chi connectivity index (χ0n) is 8.94. The Morgan fingerprint density at radius 3 is 2.73 bits per heavy atom. The van der Waals surface area contributed by atoms with Gasteiger partial charge in [-0.15, -0.1) is 11.8 Å². The van der Waals surface area contributed by atoms with Gasteiger partial charge in [0.2, 0.25) is 0 Å². The third kappa shape index (κ3) is 4.87. The van der Waals surface area contributed by atoms with Gasteiger partial charge in [0, 0.05) is 17.2 Å². The highest BCUT2D eigenvalue weighted by atomic mass is 32.2. The standard InChI is InChI=1S/C12H16N2S/c1-2-11(10-13)14-8-9-15-12-6-4-3-5-7-12/h3-7,11,14H,2,8-9H2,1H3. The second kappa shape index (κ2) is 7.33. The van der Waals surface area contributed by atoms with Crippen molar-refractivity contribution >= 4 is 11.8 Å². The molecule has 0 heterocycles. The molecule has 1 aromatic rings. The summed E-state index contributed by atoms with van der Waals surface area (Å²) in [5.41, 5.74) is 0. The first-order valence-electron chi connectivity index (χ1n) is 5.17. The van der Waals surface area contributed by atoms with Crippen molar-refractivity contribution in [1.29, 1.82) is 5.26 Å². The molecular weight excluding hydrogens is 204 g/mol. The molecule has 0 saturated carbocycles. The molecule has 2 nitrogen and oxygen atoms in total. The van der Waals surface area contributed by atoms with Crippen LogP contribution in [0.25, 0.3) is 0 Å². The van der Waals surface area contributed by atoms with E-state index in [1.165, 1.54) is 4.90 Å². The molecule has 3 heteroatoms. The number of hydrogen-bond donors (Lipinski definition) is 1. The van der Waals surface area contributed by atoms with Crippen molar-refractivity contribution in [2.24, 2.45) is 0 Å². The molecule has 80 valence electrons. The van der Waals surface area contributed by atoms with Crippen molar-refractivity contribution < 1.29 is 0 Å². The van der Waals surface area contributed by atoms with Gasteiger partial charge >= 0.3 is 0 Å². The Labute approximate surface area is 95.7 Å². The summed E-state index contributed by atoms with van der Waals surface area (Å²) >= 11 is 1.81. The van der Waals surface area contributed by atoms with E-state index in [0.717, 1.165) is 18.7 Å². The second-order valence-electron chi connectivity index (χ2n) is 3.21. The first-order valence-corrected chi connectivity index (χ1v) is 6.16. The zero-order valence-corrected chi connectivity index (χ0v) is 9.76. The van der Waals surface area contributed by atoms with Crippen molar-refractivity contribution in [3.8, 4) is 6.07 Å². The minimum absolute atomic E-state index is 0.00127. The van der Waals surface area contributed by atoms with E-state index in [9.17, 15) is 0 Å². The fraction of sp³-hybridized carbons (Fsp3) is 0.417. The summed E-state index contributed by atoms with van der Waals surface area (Å²) in [6, 6.07) is 12.5. The zero-order chi connectivity index (χ0) is 10.9. The topological polar surface area (TPSA) is 35.8 Å². The summed E-state index contributed by atoms with van der Waals surface area (Å²) in [7, 11) is 0. The third-order valence-corrected chi connectivity index (χ3v) is 3.08. The van der Waals surface area contributed by atoms with Crippen LogP contribution in [0.15, 0.2) is 35.2 Å². The Bertz CT molecular complexity index is 305. The first-order chi connectivity index (χ1) is 7.36. The normalized spacial score (nSPS) is 12.0. The van der Waals surface area contributed by atoms with E-state index in [1.807, 2.05) is 36.9 Å². The minimum atomic E-state index is 0.00127. The lowest BCUT2D eigenvalue weighted by molar-refractivity contribution is 0.612. The number of thioether (sulfide) groups is 1. The van der Waals surface area contributed by atoms with Crippen LogP contribution < -0.4 is 5.32 Å². The van der Waals surface area contributed by atoms with Gasteiger partial charge in [-0.1, -0.05) is 25.1 Å². The number of rotatable bonds is 6. The average Bonchev–Trinajstić information content (AvgIpc) is 2.31. The van der Waals surface area contributed by atoms with Crippen LogP contribution in [0.3, 0.4) is 0 Å². The van der Waals surface area contributed by atoms with Crippen molar-refractivity contribution in [2.45, 2.75) is 24.3 Å². The molecule has 1 atom stereocenters. The lowest BCUT2D eigenvalue weighted by Crippen LogP contribution is -2.28. The minimum Gasteiger partial charge on any atom is -0.301 e. The lowest BCUT2D eigenvalue weighted by atomic mass is 10.2. The van der Waals surface area contributed by atoms with E-state index in [2.05, 4.69) is 23.5 Å². The number of nitrogens with one attached hydrogen (secondary N) is 1. The highest BCUT2D eigenvalue weighted by Crippen LogP contribution is 2.15. The van der Waals surface area contributed by atoms with Crippen molar-refractivity contribution in [2.75, 3.05) is 12.3 Å². The molecule has 1 unspecified atom stereocenters. The van der Waals surface area contributed by atoms with Gasteiger partial charge in [0.15, 0.2) is 0 Å². The monoisotopic (exact) mass is 220 g/mol. The molecule has 0 aliphatic rings. The maximum absolute atomic E-state index is 8.72. The molecule has 0 radical (unpaired) electrons. The number of nitrogens with zero attached hydrogens (tertiary/aromatic N) is 1. The van der Waals surface area contributed by atoms with E-state index in [0.29, 0.717) is 0 Å². The summed E-state index contributed by atoms with van der Waals surface area (Å²) < 4.78 is 0. The second-order valence-corrected chi connectivity index (χ2v) is 4.37. The molecule has 0 bridgehead atoms. The maximum atomic E-state index is 8.72. The molecule has 0 aliphatic carbocycles. The summed E-state index contributed by atoms with van der Waals surface area (Å²) in [4.78, 5) is 1.28. The largest absolute Gasteiger partial charge is 0.301 e. The summed E-state index contributed by atoms with van der Waals surface area (Å²) in [5, 5.41) is 11.9. The van der Waals surface area contributed by atoms with Crippen LogP contribution in [0.5, 0.6) is 0 Å². The number of hydrogen-bond acceptors (Lipinski definition) is 3. The highest BCUT2D eigenvalue weighted by Gasteiger charge is 2.01. The van der Waals surface area contributed by atoms with Crippen LogP contribution in [0.2, 0.25) is 0 Å². The molecule has 0 amide bonds. The van der Waals surface area contributed by atoms with E-state index in [-0.39, 0.29) is 6.04 Å². The molecule has 1 N–H and O–H groups in total. The van der Waals surface area contributed by atoms with Crippen molar-refractivity contribution in [3.63, 3.8) is 0 Å². The van der Waals surface area contributed by atoms with E-state index < -0.39 is 0 Å². The van der Waals surface area contributed by atoms with Gasteiger partial charge < -0.3 is 5.32 Å². The molecule has 0 aromatic heterocycles. The summed E-state index contributed by atoms with van der Waals surface area (Å²) in [5.74, 6) is 1.00. The highest BCUT2D eigenvalue weighted by molar-refractivity contribution is 7.99. The Balaban J connectivity index is 2.15. The Morgan fingerprint density at radius 1 is 1.40 bits per heavy atom. The van der Waals surface area contributed by atoms with Crippen molar-refractivity contribution in [1.82, 2.24) is 5.32 Å². The van der Waals surface area contributed by atoms with Crippen molar-refractivity contribution in [3.05, 3.63) is 30.3 Å².